The Morgan fingerprint density at radius 2 is 1.71 bits per heavy atom. The minimum atomic E-state index is -0.221. The van der Waals surface area contributed by atoms with Crippen LogP contribution in [0.3, 0.4) is 0 Å². The third-order valence-corrected chi connectivity index (χ3v) is 3.40. The first-order valence-electron chi connectivity index (χ1n) is 6.22. The first-order chi connectivity index (χ1) is 10.1. The monoisotopic (exact) mass is 369 g/mol. The predicted octanol–water partition coefficient (Wildman–Crippen LogP) is 2.59. The Kier molecular flexibility index (Phi) is 5.41. The minimum absolute atomic E-state index is 0.205. The predicted molar refractivity (Wildman–Crippen MR) is 84.6 cm³/mol. The van der Waals surface area contributed by atoms with Crippen molar-refractivity contribution >= 4 is 39.3 Å². The van der Waals surface area contributed by atoms with Crippen molar-refractivity contribution in [3.63, 3.8) is 0 Å². The zero-order valence-corrected chi connectivity index (χ0v) is 13.3. The maximum Gasteiger partial charge on any atom is 0.267 e. The van der Waals surface area contributed by atoms with Crippen LogP contribution in [0.5, 0.6) is 0 Å². The highest BCUT2D eigenvalue weighted by molar-refractivity contribution is 9.10. The highest BCUT2D eigenvalue weighted by Gasteiger charge is 2.08. The van der Waals surface area contributed by atoms with Crippen molar-refractivity contribution in [2.75, 3.05) is 13.1 Å². The summed E-state index contributed by atoms with van der Waals surface area (Å²) >= 11 is 9.01. The van der Waals surface area contributed by atoms with E-state index in [9.17, 15) is 9.59 Å². The van der Waals surface area contributed by atoms with E-state index in [0.717, 1.165) is 4.47 Å². The molecule has 0 fully saturated rings. The van der Waals surface area contributed by atoms with Crippen molar-refractivity contribution in [1.29, 1.82) is 0 Å². The number of halogens is 2. The van der Waals surface area contributed by atoms with Crippen molar-refractivity contribution in [3.05, 3.63) is 57.3 Å². The van der Waals surface area contributed by atoms with Crippen molar-refractivity contribution in [3.8, 4) is 0 Å². The van der Waals surface area contributed by atoms with E-state index in [-0.39, 0.29) is 11.8 Å². The molecule has 0 aliphatic carbocycles. The number of rotatable bonds is 5. The standard InChI is InChI=1S/C14H13BrClN3O2/c15-10-7-12(19-8-10)14(21)18-6-5-17-13(20)9-1-3-11(16)4-2-9/h1-4,7-8,19H,5-6H2,(H,17,20)(H,18,21). The Bertz CT molecular complexity index is 640. The lowest BCUT2D eigenvalue weighted by atomic mass is 10.2. The molecule has 0 bridgehead atoms. The largest absolute Gasteiger partial charge is 0.356 e. The number of H-pyrrole nitrogens is 1. The van der Waals surface area contributed by atoms with Gasteiger partial charge in [-0.25, -0.2) is 0 Å². The fourth-order valence-electron chi connectivity index (χ4n) is 1.65. The van der Waals surface area contributed by atoms with Gasteiger partial charge in [-0.3, -0.25) is 9.59 Å². The molecule has 2 rings (SSSR count). The van der Waals surface area contributed by atoms with E-state index in [1.54, 1.807) is 36.5 Å². The molecule has 1 aromatic carbocycles. The van der Waals surface area contributed by atoms with Gasteiger partial charge in [-0.05, 0) is 46.3 Å². The van der Waals surface area contributed by atoms with E-state index >= 15 is 0 Å². The van der Waals surface area contributed by atoms with Crippen LogP contribution in [0.2, 0.25) is 5.02 Å². The molecule has 0 saturated carbocycles. The van der Waals surface area contributed by atoms with Gasteiger partial charge in [-0.2, -0.15) is 0 Å². The van der Waals surface area contributed by atoms with Gasteiger partial charge in [-0.15, -0.1) is 0 Å². The Morgan fingerprint density at radius 3 is 2.29 bits per heavy atom. The second kappa shape index (κ2) is 7.28. The summed E-state index contributed by atoms with van der Waals surface area (Å²) in [5.41, 5.74) is 0.991. The Labute approximate surface area is 135 Å². The average molecular weight is 371 g/mol. The van der Waals surface area contributed by atoms with Crippen molar-refractivity contribution in [2.24, 2.45) is 0 Å². The second-order valence-electron chi connectivity index (χ2n) is 4.25. The first kappa shape index (κ1) is 15.6. The van der Waals surface area contributed by atoms with Crippen molar-refractivity contribution < 1.29 is 9.59 Å². The summed E-state index contributed by atoms with van der Waals surface area (Å²) in [5.74, 6) is -0.426. The Hall–Kier alpha value is -1.79. The van der Waals surface area contributed by atoms with Crippen molar-refractivity contribution in [1.82, 2.24) is 15.6 Å². The van der Waals surface area contributed by atoms with Crippen LogP contribution < -0.4 is 10.6 Å². The van der Waals surface area contributed by atoms with Gasteiger partial charge in [0.2, 0.25) is 0 Å². The summed E-state index contributed by atoms with van der Waals surface area (Å²) in [5, 5.41) is 6.00. The van der Waals surface area contributed by atoms with Crippen LogP contribution >= 0.6 is 27.5 Å². The van der Waals surface area contributed by atoms with Gasteiger partial charge < -0.3 is 15.6 Å². The molecule has 1 heterocycles. The van der Waals surface area contributed by atoms with Crippen LogP contribution in [-0.4, -0.2) is 29.9 Å². The third-order valence-electron chi connectivity index (χ3n) is 2.69. The molecule has 0 unspecified atom stereocenters. The number of hydrogen-bond acceptors (Lipinski definition) is 2. The number of benzene rings is 1. The topological polar surface area (TPSA) is 74.0 Å². The lowest BCUT2D eigenvalue weighted by molar-refractivity contribution is 0.0925. The maximum atomic E-state index is 11.8. The van der Waals surface area contributed by atoms with Crippen LogP contribution in [-0.2, 0) is 0 Å². The number of amides is 2. The highest BCUT2D eigenvalue weighted by atomic mass is 79.9. The van der Waals surface area contributed by atoms with E-state index in [4.69, 9.17) is 11.6 Å². The fraction of sp³-hybridized carbons (Fsp3) is 0.143. The smallest absolute Gasteiger partial charge is 0.267 e. The normalized spacial score (nSPS) is 10.2. The molecule has 0 saturated heterocycles. The third kappa shape index (κ3) is 4.61. The van der Waals surface area contributed by atoms with Gasteiger partial charge in [0.1, 0.15) is 5.69 Å². The van der Waals surface area contributed by atoms with Gasteiger partial charge in [0, 0.05) is 34.3 Å². The molecule has 0 aliphatic rings. The van der Waals surface area contributed by atoms with Gasteiger partial charge in [0.05, 0.1) is 0 Å². The number of carbonyl (C=O) groups is 2. The zero-order chi connectivity index (χ0) is 15.2. The summed E-state index contributed by atoms with van der Waals surface area (Å²) in [6.45, 7) is 0.684. The maximum absolute atomic E-state index is 11.8. The molecule has 5 nitrogen and oxygen atoms in total. The van der Waals surface area contributed by atoms with Gasteiger partial charge in [0.15, 0.2) is 0 Å². The quantitative estimate of drug-likeness (QED) is 0.708. The first-order valence-corrected chi connectivity index (χ1v) is 7.39. The zero-order valence-electron chi connectivity index (χ0n) is 11.0. The molecule has 110 valence electrons. The lowest BCUT2D eigenvalue weighted by Gasteiger charge is -2.06. The summed E-state index contributed by atoms with van der Waals surface area (Å²) < 4.78 is 0.809. The summed E-state index contributed by atoms with van der Waals surface area (Å²) in [7, 11) is 0. The second-order valence-corrected chi connectivity index (χ2v) is 5.60. The molecule has 0 spiro atoms. The van der Waals surface area contributed by atoms with Crippen LogP contribution in [0.4, 0.5) is 0 Å². The summed E-state index contributed by atoms with van der Waals surface area (Å²) in [6, 6.07) is 8.28. The Balaban J connectivity index is 1.73. The van der Waals surface area contributed by atoms with Crippen LogP contribution in [0.1, 0.15) is 20.8 Å². The van der Waals surface area contributed by atoms with Crippen molar-refractivity contribution in [2.45, 2.75) is 0 Å². The molecule has 0 aliphatic heterocycles. The Morgan fingerprint density at radius 1 is 1.10 bits per heavy atom. The van der Waals surface area contributed by atoms with Gasteiger partial charge in [0.25, 0.3) is 11.8 Å². The van der Waals surface area contributed by atoms with Crippen LogP contribution in [0.15, 0.2) is 41.0 Å². The van der Waals surface area contributed by atoms with Crippen LogP contribution in [0.25, 0.3) is 0 Å². The molecular weight excluding hydrogens is 358 g/mol. The van der Waals surface area contributed by atoms with Gasteiger partial charge in [-0.1, -0.05) is 11.6 Å². The number of aromatic amines is 1. The minimum Gasteiger partial charge on any atom is -0.356 e. The van der Waals surface area contributed by atoms with E-state index in [1.165, 1.54) is 0 Å². The lowest BCUT2D eigenvalue weighted by Crippen LogP contribution is -2.34. The number of nitrogens with one attached hydrogen (secondary N) is 3. The SMILES string of the molecule is O=C(NCCNC(=O)c1cc(Br)c[nH]1)c1ccc(Cl)cc1. The molecule has 2 aromatic rings. The van der Waals surface area contributed by atoms with E-state index in [1.807, 2.05) is 0 Å². The van der Waals surface area contributed by atoms with E-state index < -0.39 is 0 Å². The number of hydrogen-bond donors (Lipinski definition) is 3. The molecule has 3 N–H and O–H groups in total. The molecular formula is C14H13BrClN3O2. The fourth-order valence-corrected chi connectivity index (χ4v) is 2.12. The summed E-state index contributed by atoms with van der Waals surface area (Å²) in [4.78, 5) is 26.3. The number of carbonyl (C=O) groups excluding carboxylic acids is 2. The average Bonchev–Trinajstić information content (AvgIpc) is 2.90. The van der Waals surface area contributed by atoms with E-state index in [0.29, 0.717) is 29.4 Å². The molecule has 2 amide bonds. The highest BCUT2D eigenvalue weighted by Crippen LogP contribution is 2.10. The summed E-state index contributed by atoms with van der Waals surface area (Å²) in [6.07, 6.45) is 1.68. The van der Waals surface area contributed by atoms with Crippen LogP contribution in [0, 0.1) is 0 Å². The molecule has 0 radical (unpaired) electrons. The molecule has 1 aromatic heterocycles. The van der Waals surface area contributed by atoms with E-state index in [2.05, 4.69) is 31.5 Å². The molecule has 0 atom stereocenters. The molecule has 21 heavy (non-hydrogen) atoms. The number of aromatic nitrogens is 1. The van der Waals surface area contributed by atoms with Gasteiger partial charge >= 0.3 is 0 Å². The molecule has 7 heteroatoms.